The van der Waals surface area contributed by atoms with Crippen LogP contribution in [0.2, 0.25) is 0 Å². The van der Waals surface area contributed by atoms with Gasteiger partial charge in [0.05, 0.1) is 30.3 Å². The summed E-state index contributed by atoms with van der Waals surface area (Å²) < 4.78 is 9.24. The Morgan fingerprint density at radius 1 is 1.07 bits per heavy atom. The smallest absolute Gasteiger partial charge is 0.337 e. The maximum atomic E-state index is 12.1. The number of rotatable bonds is 6. The number of hydrogen-bond donors (Lipinski definition) is 1. The molecule has 0 fully saturated rings. The largest absolute Gasteiger partial charge is 0.465 e. The van der Waals surface area contributed by atoms with Crippen molar-refractivity contribution in [3.8, 4) is 0 Å². The molecule has 0 radical (unpaired) electrons. The maximum absolute atomic E-state index is 12.1. The monoisotopic (exact) mass is 390 g/mol. The highest BCUT2D eigenvalue weighted by Gasteiger charge is 2.14. The van der Waals surface area contributed by atoms with Crippen molar-refractivity contribution in [2.45, 2.75) is 0 Å². The number of amides is 1. The van der Waals surface area contributed by atoms with Gasteiger partial charge in [0.2, 0.25) is 5.91 Å². The van der Waals surface area contributed by atoms with Crippen molar-refractivity contribution in [1.82, 2.24) is 0 Å². The first-order valence-corrected chi connectivity index (χ1v) is 8.20. The molecule has 9 nitrogen and oxygen atoms in total. The Kier molecular flexibility index (Phi) is 6.39. The first kappa shape index (κ1) is 19.8. The fourth-order valence-corrected chi connectivity index (χ4v) is 2.77. The van der Waals surface area contributed by atoms with Crippen LogP contribution in [0.25, 0.3) is 6.08 Å². The molecule has 10 heteroatoms. The number of benzene rings is 1. The van der Waals surface area contributed by atoms with Gasteiger partial charge in [-0.15, -0.1) is 0 Å². The molecule has 0 aliphatic rings. The first-order valence-electron chi connectivity index (χ1n) is 7.39. The summed E-state index contributed by atoms with van der Waals surface area (Å²) in [4.78, 5) is 46.2. The zero-order valence-electron chi connectivity index (χ0n) is 14.3. The molecule has 1 amide bonds. The molecule has 1 aromatic heterocycles. The summed E-state index contributed by atoms with van der Waals surface area (Å²) in [5.74, 6) is -1.92. The van der Waals surface area contributed by atoms with E-state index in [2.05, 4.69) is 14.8 Å². The van der Waals surface area contributed by atoms with Crippen molar-refractivity contribution < 1.29 is 28.8 Å². The highest BCUT2D eigenvalue weighted by molar-refractivity contribution is 7.16. The van der Waals surface area contributed by atoms with Crippen LogP contribution in [0, 0.1) is 10.1 Å². The molecule has 1 N–H and O–H groups in total. The van der Waals surface area contributed by atoms with Gasteiger partial charge in [-0.2, -0.15) is 0 Å². The second kappa shape index (κ2) is 8.72. The quantitative estimate of drug-likeness (QED) is 0.348. The SMILES string of the molecule is COC(=O)c1cc(NC(=O)/C=C/c2ccc([N+](=O)[O-])s2)cc(C(=O)OC)c1. The second-order valence-corrected chi connectivity index (χ2v) is 6.13. The first-order chi connectivity index (χ1) is 12.8. The lowest BCUT2D eigenvalue weighted by Gasteiger charge is -2.08. The van der Waals surface area contributed by atoms with E-state index in [0.717, 1.165) is 11.3 Å². The van der Waals surface area contributed by atoms with Gasteiger partial charge in [-0.3, -0.25) is 14.9 Å². The van der Waals surface area contributed by atoms with Crippen LogP contribution in [-0.2, 0) is 14.3 Å². The Morgan fingerprint density at radius 2 is 1.67 bits per heavy atom. The zero-order chi connectivity index (χ0) is 20.0. The molecular formula is C17H14N2O7S. The Balaban J connectivity index is 2.20. The number of nitrogens with zero attached hydrogens (tertiary/aromatic N) is 1. The summed E-state index contributed by atoms with van der Waals surface area (Å²) in [5, 5.41) is 13.1. The molecule has 2 rings (SSSR count). The summed E-state index contributed by atoms with van der Waals surface area (Å²) >= 11 is 0.920. The predicted octanol–water partition coefficient (Wildman–Crippen LogP) is 2.88. The summed E-state index contributed by atoms with van der Waals surface area (Å²) in [5.41, 5.74) is 0.312. The number of ether oxygens (including phenoxy) is 2. The average molecular weight is 390 g/mol. The minimum absolute atomic E-state index is 0.0384. The van der Waals surface area contributed by atoms with Crippen LogP contribution in [0.1, 0.15) is 25.6 Å². The summed E-state index contributed by atoms with van der Waals surface area (Å²) in [6.45, 7) is 0. The molecule has 0 bridgehead atoms. The number of thiophene rings is 1. The minimum Gasteiger partial charge on any atom is -0.465 e. The van der Waals surface area contributed by atoms with Gasteiger partial charge in [-0.05, 0) is 30.3 Å². The topological polar surface area (TPSA) is 125 Å². The number of hydrogen-bond acceptors (Lipinski definition) is 8. The number of anilines is 1. The van der Waals surface area contributed by atoms with E-state index in [9.17, 15) is 24.5 Å². The second-order valence-electron chi connectivity index (χ2n) is 5.04. The van der Waals surface area contributed by atoms with Gasteiger partial charge in [0, 0.05) is 22.7 Å². The van der Waals surface area contributed by atoms with Crippen LogP contribution >= 0.6 is 11.3 Å². The summed E-state index contributed by atoms with van der Waals surface area (Å²) in [6, 6.07) is 6.83. The number of nitrogens with one attached hydrogen (secondary N) is 1. The van der Waals surface area contributed by atoms with E-state index >= 15 is 0 Å². The highest BCUT2D eigenvalue weighted by Crippen LogP contribution is 2.25. The third-order valence-corrected chi connectivity index (χ3v) is 4.24. The number of carbonyl (C=O) groups excluding carboxylic acids is 3. The molecular weight excluding hydrogens is 376 g/mol. The van der Waals surface area contributed by atoms with E-state index in [1.807, 2.05) is 0 Å². The number of methoxy groups -OCH3 is 2. The highest BCUT2D eigenvalue weighted by atomic mass is 32.1. The number of carbonyl (C=O) groups is 3. The van der Waals surface area contributed by atoms with E-state index in [0.29, 0.717) is 4.88 Å². The Bertz CT molecular complexity index is 899. The van der Waals surface area contributed by atoms with Crippen molar-refractivity contribution in [3.63, 3.8) is 0 Å². The van der Waals surface area contributed by atoms with E-state index in [4.69, 9.17) is 0 Å². The summed E-state index contributed by atoms with van der Waals surface area (Å²) in [6.07, 6.45) is 2.59. The van der Waals surface area contributed by atoms with E-state index in [1.165, 1.54) is 56.7 Å². The number of nitro groups is 1. The molecule has 0 saturated heterocycles. The van der Waals surface area contributed by atoms with Crippen molar-refractivity contribution >= 4 is 45.9 Å². The molecule has 0 saturated carbocycles. The molecule has 0 aliphatic heterocycles. The van der Waals surface area contributed by atoms with Crippen molar-refractivity contribution in [1.29, 1.82) is 0 Å². The third kappa shape index (κ3) is 5.22. The van der Waals surface area contributed by atoms with Crippen LogP contribution in [0.5, 0.6) is 0 Å². The molecule has 0 aliphatic carbocycles. The van der Waals surface area contributed by atoms with Crippen LogP contribution in [-0.4, -0.2) is 37.0 Å². The lowest BCUT2D eigenvalue weighted by Crippen LogP contribution is -2.12. The van der Waals surface area contributed by atoms with Crippen molar-refractivity contribution in [2.75, 3.05) is 19.5 Å². The standard InChI is InChI=1S/C17H14N2O7S/c1-25-16(21)10-7-11(17(22)26-2)9-12(8-10)18-14(20)5-3-13-4-6-15(27-13)19(23)24/h3-9H,1-2H3,(H,18,20)/b5-3+. The fourth-order valence-electron chi connectivity index (χ4n) is 2.04. The maximum Gasteiger partial charge on any atom is 0.337 e. The Labute approximate surface area is 157 Å². The number of esters is 2. The van der Waals surface area contributed by atoms with Crippen LogP contribution < -0.4 is 5.32 Å². The molecule has 1 aromatic carbocycles. The Morgan fingerprint density at radius 3 is 2.15 bits per heavy atom. The van der Waals surface area contributed by atoms with Gasteiger partial charge in [-0.1, -0.05) is 11.3 Å². The molecule has 1 heterocycles. The van der Waals surface area contributed by atoms with Crippen LogP contribution in [0.15, 0.2) is 36.4 Å². The molecule has 0 spiro atoms. The van der Waals surface area contributed by atoms with E-state index in [-0.39, 0.29) is 21.8 Å². The van der Waals surface area contributed by atoms with Gasteiger partial charge in [0.15, 0.2) is 0 Å². The minimum atomic E-state index is -0.683. The van der Waals surface area contributed by atoms with Gasteiger partial charge in [-0.25, -0.2) is 9.59 Å². The van der Waals surface area contributed by atoms with Crippen molar-refractivity contribution in [2.24, 2.45) is 0 Å². The van der Waals surface area contributed by atoms with Crippen molar-refractivity contribution in [3.05, 3.63) is 62.5 Å². The molecule has 0 atom stereocenters. The van der Waals surface area contributed by atoms with Gasteiger partial charge >= 0.3 is 16.9 Å². The molecule has 2 aromatic rings. The Hall–Kier alpha value is -3.53. The molecule has 140 valence electrons. The van der Waals surface area contributed by atoms with E-state index in [1.54, 1.807) is 0 Å². The lowest BCUT2D eigenvalue weighted by molar-refractivity contribution is -0.380. The van der Waals surface area contributed by atoms with Crippen LogP contribution in [0.3, 0.4) is 0 Å². The predicted molar refractivity (Wildman–Crippen MR) is 97.8 cm³/mol. The molecule has 0 unspecified atom stereocenters. The fraction of sp³-hybridized carbons (Fsp3) is 0.118. The lowest BCUT2D eigenvalue weighted by atomic mass is 10.1. The third-order valence-electron chi connectivity index (χ3n) is 3.23. The van der Waals surface area contributed by atoms with Gasteiger partial charge < -0.3 is 14.8 Å². The molecule has 27 heavy (non-hydrogen) atoms. The van der Waals surface area contributed by atoms with E-state index < -0.39 is 22.8 Å². The summed E-state index contributed by atoms with van der Waals surface area (Å²) in [7, 11) is 2.38. The van der Waals surface area contributed by atoms with Gasteiger partial charge in [0.1, 0.15) is 0 Å². The zero-order valence-corrected chi connectivity index (χ0v) is 15.1. The average Bonchev–Trinajstić information content (AvgIpc) is 3.14. The van der Waals surface area contributed by atoms with Crippen LogP contribution in [0.4, 0.5) is 10.7 Å². The van der Waals surface area contributed by atoms with Gasteiger partial charge in [0.25, 0.3) is 0 Å². The normalized spacial score (nSPS) is 10.4.